The molecular formula is C11H6ClN2O. The maximum atomic E-state index is 10.5. The minimum atomic E-state index is 0.169. The summed E-state index contributed by atoms with van der Waals surface area (Å²) >= 11 is 5.70. The monoisotopic (exact) mass is 217 g/mol. The first-order valence-corrected chi connectivity index (χ1v) is 4.63. The van der Waals surface area contributed by atoms with E-state index in [2.05, 4.69) is 9.97 Å². The predicted octanol–water partition coefficient (Wildman–Crippen LogP) is 2.25. The average molecular weight is 218 g/mol. The van der Waals surface area contributed by atoms with Gasteiger partial charge in [0.25, 0.3) is 0 Å². The first-order valence-electron chi connectivity index (χ1n) is 4.25. The van der Waals surface area contributed by atoms with E-state index in [-0.39, 0.29) is 10.7 Å². The average Bonchev–Trinajstić information content (AvgIpc) is 2.31. The van der Waals surface area contributed by atoms with Crippen LogP contribution in [-0.4, -0.2) is 16.3 Å². The highest BCUT2D eigenvalue weighted by Crippen LogP contribution is 2.21. The van der Waals surface area contributed by atoms with Crippen LogP contribution in [0.5, 0.6) is 0 Å². The third-order valence-corrected chi connectivity index (χ3v) is 2.26. The molecule has 0 aliphatic rings. The zero-order valence-electron chi connectivity index (χ0n) is 7.64. The van der Waals surface area contributed by atoms with Gasteiger partial charge in [0.1, 0.15) is 5.15 Å². The third-order valence-electron chi connectivity index (χ3n) is 1.96. The number of halogens is 1. The quantitative estimate of drug-likeness (QED) is 0.725. The lowest BCUT2D eigenvalue weighted by atomic mass is 10.1. The van der Waals surface area contributed by atoms with Crippen LogP contribution >= 0.6 is 11.6 Å². The Bertz CT molecular complexity index is 485. The Hall–Kier alpha value is -1.74. The van der Waals surface area contributed by atoms with E-state index in [9.17, 15) is 4.79 Å². The molecule has 0 atom stereocenters. The summed E-state index contributed by atoms with van der Waals surface area (Å²) in [4.78, 5) is 18.4. The van der Waals surface area contributed by atoms with Gasteiger partial charge in [0.15, 0.2) is 0 Å². The van der Waals surface area contributed by atoms with Gasteiger partial charge in [0.2, 0.25) is 6.29 Å². The molecule has 2 heterocycles. The van der Waals surface area contributed by atoms with Crippen LogP contribution in [0.25, 0.3) is 11.1 Å². The van der Waals surface area contributed by atoms with E-state index in [0.717, 1.165) is 11.1 Å². The molecule has 0 bridgehead atoms. The first-order chi connectivity index (χ1) is 7.31. The fraction of sp³-hybridized carbons (Fsp3) is 0. The van der Waals surface area contributed by atoms with Gasteiger partial charge in [0.05, 0.1) is 5.56 Å². The van der Waals surface area contributed by atoms with Crippen LogP contribution in [-0.2, 0) is 4.79 Å². The minimum Gasteiger partial charge on any atom is -0.285 e. The second-order valence-corrected chi connectivity index (χ2v) is 3.26. The first kappa shape index (κ1) is 9.80. The van der Waals surface area contributed by atoms with Crippen LogP contribution in [0.3, 0.4) is 0 Å². The van der Waals surface area contributed by atoms with Gasteiger partial charge in [-0.1, -0.05) is 11.6 Å². The maximum Gasteiger partial charge on any atom is 0.236 e. The molecule has 0 aliphatic heterocycles. The third kappa shape index (κ3) is 2.02. The van der Waals surface area contributed by atoms with Crippen LogP contribution < -0.4 is 0 Å². The lowest BCUT2D eigenvalue weighted by Gasteiger charge is -2.01. The smallest absolute Gasteiger partial charge is 0.236 e. The van der Waals surface area contributed by atoms with Crippen molar-refractivity contribution in [3.05, 3.63) is 47.5 Å². The predicted molar refractivity (Wildman–Crippen MR) is 57.3 cm³/mol. The van der Waals surface area contributed by atoms with E-state index in [1.165, 1.54) is 0 Å². The fourth-order valence-electron chi connectivity index (χ4n) is 1.22. The van der Waals surface area contributed by atoms with Crippen LogP contribution in [0, 0.1) is 0 Å². The van der Waals surface area contributed by atoms with E-state index in [1.807, 2.05) is 12.1 Å². The van der Waals surface area contributed by atoms with Crippen molar-refractivity contribution in [2.75, 3.05) is 0 Å². The Morgan fingerprint density at radius 3 is 2.60 bits per heavy atom. The van der Waals surface area contributed by atoms with E-state index in [0.29, 0.717) is 0 Å². The molecule has 0 unspecified atom stereocenters. The lowest BCUT2D eigenvalue weighted by molar-refractivity contribution is 0.562. The lowest BCUT2D eigenvalue weighted by Crippen LogP contribution is -1.88. The van der Waals surface area contributed by atoms with E-state index in [4.69, 9.17) is 11.6 Å². The zero-order valence-corrected chi connectivity index (χ0v) is 8.40. The Labute approximate surface area is 91.8 Å². The van der Waals surface area contributed by atoms with Gasteiger partial charge < -0.3 is 0 Å². The topological polar surface area (TPSA) is 42.9 Å². The molecule has 4 heteroatoms. The van der Waals surface area contributed by atoms with Gasteiger partial charge in [-0.25, -0.2) is 4.98 Å². The van der Waals surface area contributed by atoms with Crippen LogP contribution in [0.15, 0.2) is 36.8 Å². The van der Waals surface area contributed by atoms with Gasteiger partial charge in [-0.3, -0.25) is 9.78 Å². The van der Waals surface area contributed by atoms with Crippen molar-refractivity contribution in [3.8, 4) is 11.1 Å². The van der Waals surface area contributed by atoms with Crippen molar-refractivity contribution in [2.24, 2.45) is 0 Å². The Balaban J connectivity index is 2.51. The van der Waals surface area contributed by atoms with Crippen LogP contribution in [0.4, 0.5) is 0 Å². The molecule has 0 amide bonds. The summed E-state index contributed by atoms with van der Waals surface area (Å²) in [5.74, 6) is 0. The highest BCUT2D eigenvalue weighted by atomic mass is 35.5. The molecule has 0 N–H and O–H groups in total. The summed E-state index contributed by atoms with van der Waals surface area (Å²) in [5.41, 5.74) is 2.02. The van der Waals surface area contributed by atoms with Gasteiger partial charge in [-0.05, 0) is 23.8 Å². The molecule has 3 nitrogen and oxygen atoms in total. The molecule has 2 aromatic heterocycles. The Kier molecular flexibility index (Phi) is 2.74. The maximum absolute atomic E-state index is 10.5. The van der Waals surface area contributed by atoms with Gasteiger partial charge in [-0.15, -0.1) is 0 Å². The molecule has 0 aliphatic carbocycles. The normalized spacial score (nSPS) is 9.93. The molecule has 2 rings (SSSR count). The summed E-state index contributed by atoms with van der Waals surface area (Å²) in [6, 6.07) is 5.32. The van der Waals surface area contributed by atoms with Crippen molar-refractivity contribution in [2.45, 2.75) is 0 Å². The van der Waals surface area contributed by atoms with Crippen molar-refractivity contribution in [1.29, 1.82) is 0 Å². The van der Waals surface area contributed by atoms with Crippen molar-refractivity contribution >= 4 is 17.9 Å². The summed E-state index contributed by atoms with van der Waals surface area (Å²) < 4.78 is 0. The SMILES string of the molecule is O=[C]c1cc(-c2ccncc2)cnc1Cl. The molecular weight excluding hydrogens is 212 g/mol. The molecule has 15 heavy (non-hydrogen) atoms. The molecule has 0 saturated carbocycles. The summed E-state index contributed by atoms with van der Waals surface area (Å²) in [6.45, 7) is 0. The number of hydrogen-bond acceptors (Lipinski definition) is 3. The minimum absolute atomic E-state index is 0.169. The number of rotatable bonds is 2. The standard InChI is InChI=1S/C11H6ClN2O/c12-11-10(7-15)5-9(6-14-11)8-1-3-13-4-2-8/h1-6H. The summed E-state index contributed by atoms with van der Waals surface area (Å²) in [7, 11) is 0. The molecule has 0 aromatic carbocycles. The molecule has 1 radical (unpaired) electrons. The van der Waals surface area contributed by atoms with E-state index < -0.39 is 0 Å². The van der Waals surface area contributed by atoms with Crippen molar-refractivity contribution in [3.63, 3.8) is 0 Å². The van der Waals surface area contributed by atoms with Crippen LogP contribution in [0.1, 0.15) is 5.56 Å². The molecule has 2 aromatic rings. The molecule has 0 fully saturated rings. The number of carbonyl (C=O) groups excluding carboxylic acids is 1. The second kappa shape index (κ2) is 4.19. The number of hydrogen-bond donors (Lipinski definition) is 0. The highest BCUT2D eigenvalue weighted by molar-refractivity contribution is 6.31. The Morgan fingerprint density at radius 1 is 1.20 bits per heavy atom. The zero-order chi connectivity index (χ0) is 10.7. The Morgan fingerprint density at radius 2 is 1.93 bits per heavy atom. The van der Waals surface area contributed by atoms with E-state index >= 15 is 0 Å². The fourth-order valence-corrected chi connectivity index (χ4v) is 1.36. The van der Waals surface area contributed by atoms with Crippen LogP contribution in [0.2, 0.25) is 5.15 Å². The van der Waals surface area contributed by atoms with Crippen molar-refractivity contribution in [1.82, 2.24) is 9.97 Å². The van der Waals surface area contributed by atoms with Gasteiger partial charge >= 0.3 is 0 Å². The highest BCUT2D eigenvalue weighted by Gasteiger charge is 2.04. The molecule has 73 valence electrons. The van der Waals surface area contributed by atoms with Gasteiger partial charge in [0, 0.05) is 24.2 Å². The van der Waals surface area contributed by atoms with E-state index in [1.54, 1.807) is 30.9 Å². The van der Waals surface area contributed by atoms with Gasteiger partial charge in [-0.2, -0.15) is 0 Å². The number of pyridine rings is 2. The van der Waals surface area contributed by atoms with Crippen molar-refractivity contribution < 1.29 is 4.79 Å². The largest absolute Gasteiger partial charge is 0.285 e. The molecule has 0 saturated heterocycles. The number of nitrogens with zero attached hydrogens (tertiary/aromatic N) is 2. The molecule has 0 spiro atoms. The second-order valence-electron chi connectivity index (χ2n) is 2.90. The summed E-state index contributed by atoms with van der Waals surface area (Å²) in [6.07, 6.45) is 6.70. The number of aromatic nitrogens is 2. The summed E-state index contributed by atoms with van der Waals surface area (Å²) in [5, 5.41) is 0.169.